The topological polar surface area (TPSA) is 81.0 Å². The summed E-state index contributed by atoms with van der Waals surface area (Å²) in [6.07, 6.45) is 0.938. The molecule has 1 saturated heterocycles. The zero-order chi connectivity index (χ0) is 22.9. The molecule has 1 fully saturated rings. The van der Waals surface area contributed by atoms with Gasteiger partial charge in [-0.1, -0.05) is 29.0 Å². The van der Waals surface area contributed by atoms with Gasteiger partial charge in [0.25, 0.3) is 5.91 Å². The molecule has 0 radical (unpaired) electrons. The molecule has 0 unspecified atom stereocenters. The average molecular weight is 474 g/mol. The summed E-state index contributed by atoms with van der Waals surface area (Å²) >= 11 is 1.45. The summed E-state index contributed by atoms with van der Waals surface area (Å²) in [5, 5.41) is 0. The fourth-order valence-electron chi connectivity index (χ4n) is 3.87. The van der Waals surface area contributed by atoms with Gasteiger partial charge >= 0.3 is 0 Å². The molecule has 0 saturated carbocycles. The third-order valence-corrected chi connectivity index (χ3v) is 8.77. The van der Waals surface area contributed by atoms with Crippen LogP contribution in [0.1, 0.15) is 25.3 Å². The summed E-state index contributed by atoms with van der Waals surface area (Å²) in [6.45, 7) is 5.09. The lowest BCUT2D eigenvalue weighted by Gasteiger charge is -2.29. The van der Waals surface area contributed by atoms with Gasteiger partial charge in [0.15, 0.2) is 4.80 Å². The maximum absolute atomic E-state index is 12.9. The molecule has 0 aliphatic carbocycles. The first-order chi connectivity index (χ1) is 15.3. The Labute approximate surface area is 192 Å². The van der Waals surface area contributed by atoms with Crippen molar-refractivity contribution in [3.05, 3.63) is 52.8 Å². The summed E-state index contributed by atoms with van der Waals surface area (Å²) in [4.78, 5) is 18.2. The van der Waals surface area contributed by atoms with Crippen molar-refractivity contribution >= 4 is 37.5 Å². The quantitative estimate of drug-likeness (QED) is 0.568. The van der Waals surface area contributed by atoms with E-state index in [-0.39, 0.29) is 11.8 Å². The molecule has 0 bridgehead atoms. The zero-order valence-electron chi connectivity index (χ0n) is 18.4. The van der Waals surface area contributed by atoms with E-state index in [0.29, 0.717) is 42.2 Å². The van der Waals surface area contributed by atoms with Crippen LogP contribution in [0.3, 0.4) is 0 Å². The van der Waals surface area contributed by atoms with Gasteiger partial charge < -0.3 is 9.30 Å². The first kappa shape index (κ1) is 22.7. The average Bonchev–Trinajstić information content (AvgIpc) is 3.09. The largest absolute Gasteiger partial charge is 0.494 e. The molecule has 1 aliphatic rings. The van der Waals surface area contributed by atoms with E-state index in [1.54, 1.807) is 24.3 Å². The molecule has 0 N–H and O–H groups in total. The van der Waals surface area contributed by atoms with Crippen LogP contribution in [0.5, 0.6) is 5.75 Å². The molecule has 7 nitrogen and oxygen atoms in total. The molecule has 9 heteroatoms. The summed E-state index contributed by atoms with van der Waals surface area (Å²) in [5.74, 6) is 0.329. The van der Waals surface area contributed by atoms with Crippen LogP contribution in [0.4, 0.5) is 0 Å². The third-order valence-electron chi connectivity index (χ3n) is 5.76. The zero-order valence-corrected chi connectivity index (χ0v) is 20.1. The molecule has 0 atom stereocenters. The Morgan fingerprint density at radius 1 is 1.16 bits per heavy atom. The van der Waals surface area contributed by atoms with Gasteiger partial charge in [0.05, 0.1) is 21.7 Å². The number of carbonyl (C=O) groups excluding carboxylic acids is 1. The highest BCUT2D eigenvalue weighted by atomic mass is 32.2. The number of ether oxygens (including phenoxy) is 1. The van der Waals surface area contributed by atoms with E-state index in [1.807, 2.05) is 43.7 Å². The normalized spacial score (nSPS) is 16.5. The predicted molar refractivity (Wildman–Crippen MR) is 125 cm³/mol. The summed E-state index contributed by atoms with van der Waals surface area (Å²) in [5.41, 5.74) is 2.00. The van der Waals surface area contributed by atoms with Crippen LogP contribution in [-0.4, -0.2) is 42.9 Å². The minimum atomic E-state index is -3.54. The Bertz CT molecular complexity index is 1300. The number of carbonyl (C=O) groups is 1. The molecule has 32 heavy (non-hydrogen) atoms. The number of fused-ring (bicyclic) bond motifs is 1. The first-order valence-electron chi connectivity index (χ1n) is 10.7. The van der Waals surface area contributed by atoms with Crippen molar-refractivity contribution in [3.63, 3.8) is 0 Å². The van der Waals surface area contributed by atoms with Gasteiger partial charge in [-0.2, -0.15) is 9.30 Å². The number of aryl methyl sites for hydroxylation is 2. The molecule has 0 spiro atoms. The lowest BCUT2D eigenvalue weighted by molar-refractivity contribution is -0.122. The fraction of sp³-hybridized carbons (Fsp3) is 0.391. The van der Waals surface area contributed by atoms with Crippen LogP contribution < -0.4 is 9.54 Å². The number of benzene rings is 2. The highest BCUT2D eigenvalue weighted by molar-refractivity contribution is 7.89. The monoisotopic (exact) mass is 473 g/mol. The maximum atomic E-state index is 12.9. The van der Waals surface area contributed by atoms with Crippen LogP contribution in [0.15, 0.2) is 52.4 Å². The second kappa shape index (κ2) is 9.17. The standard InChI is InChI=1S/C23H27N3O4S2/c1-4-30-18-7-10-20-21(15-18)31-23(25(20)3)24-22(27)17-11-13-26(14-12-17)32(28,29)19-8-5-16(2)6-9-19/h5-10,15,17H,4,11-14H2,1-3H3. The molecule has 1 aromatic heterocycles. The molecule has 2 aromatic carbocycles. The van der Waals surface area contributed by atoms with E-state index >= 15 is 0 Å². The molecule has 3 aromatic rings. The van der Waals surface area contributed by atoms with Crippen molar-refractivity contribution in [2.45, 2.75) is 31.6 Å². The number of piperidine rings is 1. The van der Waals surface area contributed by atoms with E-state index in [1.165, 1.54) is 15.6 Å². The Kier molecular flexibility index (Phi) is 6.50. The maximum Gasteiger partial charge on any atom is 0.251 e. The Morgan fingerprint density at radius 2 is 1.84 bits per heavy atom. The van der Waals surface area contributed by atoms with Crippen molar-refractivity contribution in [2.24, 2.45) is 18.0 Å². The van der Waals surface area contributed by atoms with E-state index in [0.717, 1.165) is 21.5 Å². The number of amides is 1. The van der Waals surface area contributed by atoms with E-state index in [4.69, 9.17) is 4.74 Å². The number of sulfonamides is 1. The lowest BCUT2D eigenvalue weighted by Crippen LogP contribution is -2.40. The summed E-state index contributed by atoms with van der Waals surface area (Å²) in [6, 6.07) is 12.7. The lowest BCUT2D eigenvalue weighted by atomic mass is 9.98. The van der Waals surface area contributed by atoms with Gasteiger partial charge in [-0.25, -0.2) is 8.42 Å². The number of aromatic nitrogens is 1. The molecular weight excluding hydrogens is 446 g/mol. The van der Waals surface area contributed by atoms with Crippen LogP contribution in [0, 0.1) is 12.8 Å². The van der Waals surface area contributed by atoms with Crippen LogP contribution in [0.2, 0.25) is 0 Å². The predicted octanol–water partition coefficient (Wildman–Crippen LogP) is 3.48. The highest BCUT2D eigenvalue weighted by Crippen LogP contribution is 2.26. The molecule has 2 heterocycles. The van der Waals surface area contributed by atoms with Crippen molar-refractivity contribution in [2.75, 3.05) is 19.7 Å². The van der Waals surface area contributed by atoms with Gasteiger partial charge in [-0.3, -0.25) is 4.79 Å². The summed E-state index contributed by atoms with van der Waals surface area (Å²) in [7, 11) is -1.65. The SMILES string of the molecule is CCOc1ccc2c(c1)sc(=NC(=O)C1CCN(S(=O)(=O)c3ccc(C)cc3)CC1)n2C. The highest BCUT2D eigenvalue weighted by Gasteiger charge is 2.32. The van der Waals surface area contributed by atoms with Gasteiger partial charge in [-0.05, 0) is 57.0 Å². The van der Waals surface area contributed by atoms with Crippen molar-refractivity contribution < 1.29 is 17.9 Å². The van der Waals surface area contributed by atoms with Crippen molar-refractivity contribution in [1.82, 2.24) is 8.87 Å². The Hall–Kier alpha value is -2.49. The van der Waals surface area contributed by atoms with Gasteiger partial charge in [-0.15, -0.1) is 0 Å². The van der Waals surface area contributed by atoms with Crippen LogP contribution in [0.25, 0.3) is 10.2 Å². The number of nitrogens with zero attached hydrogens (tertiary/aromatic N) is 3. The fourth-order valence-corrected chi connectivity index (χ4v) is 6.39. The molecule has 1 aliphatic heterocycles. The van der Waals surface area contributed by atoms with E-state index < -0.39 is 10.0 Å². The van der Waals surface area contributed by atoms with Gasteiger partial charge in [0.1, 0.15) is 5.75 Å². The molecule has 4 rings (SSSR count). The van der Waals surface area contributed by atoms with Gasteiger partial charge in [0.2, 0.25) is 10.0 Å². The second-order valence-corrected chi connectivity index (χ2v) is 10.9. The molecule has 170 valence electrons. The number of hydrogen-bond acceptors (Lipinski definition) is 5. The minimum Gasteiger partial charge on any atom is -0.494 e. The van der Waals surface area contributed by atoms with Crippen molar-refractivity contribution in [3.8, 4) is 5.75 Å². The number of hydrogen-bond donors (Lipinski definition) is 0. The minimum absolute atomic E-state index is 0.190. The van der Waals surface area contributed by atoms with Gasteiger partial charge in [0, 0.05) is 26.1 Å². The summed E-state index contributed by atoms with van der Waals surface area (Å²) < 4.78 is 35.7. The van der Waals surface area contributed by atoms with Crippen LogP contribution >= 0.6 is 11.3 Å². The van der Waals surface area contributed by atoms with E-state index in [2.05, 4.69) is 4.99 Å². The second-order valence-electron chi connectivity index (χ2n) is 7.95. The van der Waals surface area contributed by atoms with Crippen LogP contribution in [-0.2, 0) is 21.9 Å². The molecular formula is C23H27N3O4S2. The Balaban J connectivity index is 1.48. The number of thiazole rings is 1. The Morgan fingerprint density at radius 3 is 2.50 bits per heavy atom. The first-order valence-corrected chi connectivity index (χ1v) is 12.9. The number of rotatable bonds is 5. The van der Waals surface area contributed by atoms with E-state index in [9.17, 15) is 13.2 Å². The third kappa shape index (κ3) is 4.51. The van der Waals surface area contributed by atoms with Crippen molar-refractivity contribution in [1.29, 1.82) is 0 Å². The smallest absolute Gasteiger partial charge is 0.251 e. The molecule has 1 amide bonds.